The first-order chi connectivity index (χ1) is 9.23. The fourth-order valence-corrected chi connectivity index (χ4v) is 2.35. The van der Waals surface area contributed by atoms with E-state index in [0.29, 0.717) is 11.3 Å². The second-order valence-electron chi connectivity index (χ2n) is 5.01. The van der Waals surface area contributed by atoms with E-state index in [1.807, 2.05) is 13.8 Å². The van der Waals surface area contributed by atoms with Gasteiger partial charge in [-0.2, -0.15) is 0 Å². The highest BCUT2D eigenvalue weighted by atomic mass is 32.2. The van der Waals surface area contributed by atoms with E-state index in [2.05, 4.69) is 17.0 Å². The lowest BCUT2D eigenvalue weighted by atomic mass is 10.0. The molecule has 0 aliphatic rings. The van der Waals surface area contributed by atoms with E-state index in [4.69, 9.17) is 0 Å². The number of ketones is 1. The summed E-state index contributed by atoms with van der Waals surface area (Å²) in [5.41, 5.74) is 1.01. The Morgan fingerprint density at radius 2 is 1.75 bits per heavy atom. The largest absolute Gasteiger partial charge is 0.305 e. The third kappa shape index (κ3) is 5.30. The Morgan fingerprint density at radius 3 is 2.20 bits per heavy atom. The second-order valence-corrected chi connectivity index (χ2v) is 6.76. The number of hydrogen-bond donors (Lipinski definition) is 2. The lowest BCUT2D eigenvalue weighted by Crippen LogP contribution is -2.39. The number of nitrogens with one attached hydrogen (secondary N) is 2. The van der Waals surface area contributed by atoms with Crippen LogP contribution in [0.3, 0.4) is 0 Å². The summed E-state index contributed by atoms with van der Waals surface area (Å²) in [6, 6.07) is 6.45. The number of carbonyl (C=O) groups is 1. The topological polar surface area (TPSA) is 75.3 Å². The molecular formula is C14H22N2O3S. The molecule has 6 heteroatoms. The highest BCUT2D eigenvalue weighted by Gasteiger charge is 2.16. The average Bonchev–Trinajstić information content (AvgIpc) is 2.36. The lowest BCUT2D eigenvalue weighted by molar-refractivity contribution is 0.0945. The first kappa shape index (κ1) is 16.7. The molecule has 0 aromatic heterocycles. The van der Waals surface area contributed by atoms with Crippen molar-refractivity contribution in [2.24, 2.45) is 0 Å². The summed E-state index contributed by atoms with van der Waals surface area (Å²) >= 11 is 0. The van der Waals surface area contributed by atoms with E-state index in [0.717, 1.165) is 12.7 Å². The molecule has 0 saturated carbocycles. The van der Waals surface area contributed by atoms with Crippen molar-refractivity contribution in [3.8, 4) is 0 Å². The van der Waals surface area contributed by atoms with Gasteiger partial charge in [-0.15, -0.1) is 0 Å². The molecular weight excluding hydrogens is 276 g/mol. The molecule has 0 spiro atoms. The van der Waals surface area contributed by atoms with Crippen molar-refractivity contribution in [3.05, 3.63) is 29.8 Å². The van der Waals surface area contributed by atoms with Crippen LogP contribution in [0.15, 0.2) is 24.3 Å². The van der Waals surface area contributed by atoms with Gasteiger partial charge in [0.25, 0.3) is 0 Å². The van der Waals surface area contributed by atoms with E-state index in [1.54, 1.807) is 24.3 Å². The van der Waals surface area contributed by atoms with Crippen LogP contribution in [0.1, 0.15) is 37.6 Å². The molecule has 0 aliphatic carbocycles. The quantitative estimate of drug-likeness (QED) is 0.755. The number of anilines is 1. The van der Waals surface area contributed by atoms with Crippen molar-refractivity contribution < 1.29 is 13.2 Å². The predicted molar refractivity (Wildman–Crippen MR) is 81.6 cm³/mol. The third-order valence-corrected chi connectivity index (χ3v) is 3.62. The zero-order chi connectivity index (χ0) is 15.3. The molecule has 0 saturated heterocycles. The van der Waals surface area contributed by atoms with Gasteiger partial charge in [0.15, 0.2) is 5.78 Å². The summed E-state index contributed by atoms with van der Waals surface area (Å²) in [6.07, 6.45) is 2.04. The van der Waals surface area contributed by atoms with Gasteiger partial charge in [0.1, 0.15) is 0 Å². The van der Waals surface area contributed by atoms with Gasteiger partial charge in [0, 0.05) is 17.3 Å². The van der Waals surface area contributed by atoms with E-state index in [1.165, 1.54) is 0 Å². The Balaban J connectivity index is 2.75. The van der Waals surface area contributed by atoms with Crippen LogP contribution < -0.4 is 10.0 Å². The standard InChI is InChI=1S/C14H22N2O3S/c1-5-10(2)15-11(3)14(17)12-6-8-13(9-7-12)16-20(4,18)19/h6-11,15-16H,5H2,1-4H3/t10-,11-/m1/s1. The normalized spacial score (nSPS) is 14.6. The Hall–Kier alpha value is -1.40. The van der Waals surface area contributed by atoms with Crippen LogP contribution in [0.5, 0.6) is 0 Å². The lowest BCUT2D eigenvalue weighted by Gasteiger charge is -2.17. The van der Waals surface area contributed by atoms with Gasteiger partial charge in [0.2, 0.25) is 10.0 Å². The van der Waals surface area contributed by atoms with Gasteiger partial charge in [-0.25, -0.2) is 8.42 Å². The zero-order valence-corrected chi connectivity index (χ0v) is 13.1. The second kappa shape index (κ2) is 6.85. The minimum atomic E-state index is -3.29. The molecule has 1 aromatic carbocycles. The highest BCUT2D eigenvalue weighted by Crippen LogP contribution is 2.12. The number of hydrogen-bond acceptors (Lipinski definition) is 4. The van der Waals surface area contributed by atoms with Gasteiger partial charge in [-0.3, -0.25) is 9.52 Å². The van der Waals surface area contributed by atoms with E-state index >= 15 is 0 Å². The minimum Gasteiger partial charge on any atom is -0.305 e. The number of rotatable bonds is 7. The molecule has 0 aliphatic heterocycles. The minimum absolute atomic E-state index is 0.00351. The summed E-state index contributed by atoms with van der Waals surface area (Å²) in [7, 11) is -3.29. The summed E-state index contributed by atoms with van der Waals surface area (Å²) in [5.74, 6) is -0.00351. The molecule has 0 amide bonds. The summed E-state index contributed by atoms with van der Waals surface area (Å²) in [4.78, 5) is 12.2. The van der Waals surface area contributed by atoms with Crippen LogP contribution in [0.2, 0.25) is 0 Å². The Bertz CT molecular complexity index is 552. The smallest absolute Gasteiger partial charge is 0.229 e. The van der Waals surface area contributed by atoms with Crippen LogP contribution in [-0.2, 0) is 10.0 Å². The zero-order valence-electron chi connectivity index (χ0n) is 12.3. The van der Waals surface area contributed by atoms with E-state index in [9.17, 15) is 13.2 Å². The molecule has 20 heavy (non-hydrogen) atoms. The van der Waals surface area contributed by atoms with E-state index < -0.39 is 10.0 Å². The van der Waals surface area contributed by atoms with Crippen molar-refractivity contribution in [3.63, 3.8) is 0 Å². The van der Waals surface area contributed by atoms with Gasteiger partial charge >= 0.3 is 0 Å². The Labute approximate surface area is 120 Å². The van der Waals surface area contributed by atoms with Crippen molar-refractivity contribution in [2.45, 2.75) is 39.3 Å². The molecule has 0 bridgehead atoms. The molecule has 112 valence electrons. The Morgan fingerprint density at radius 1 is 1.20 bits per heavy atom. The monoisotopic (exact) mass is 298 g/mol. The van der Waals surface area contributed by atoms with Crippen LogP contribution in [-0.4, -0.2) is 32.5 Å². The fourth-order valence-electron chi connectivity index (χ4n) is 1.79. The molecule has 2 N–H and O–H groups in total. The van der Waals surface area contributed by atoms with Gasteiger partial charge < -0.3 is 5.32 Å². The van der Waals surface area contributed by atoms with Crippen molar-refractivity contribution in [1.82, 2.24) is 5.32 Å². The maximum absolute atomic E-state index is 12.2. The molecule has 0 unspecified atom stereocenters. The molecule has 0 heterocycles. The maximum atomic E-state index is 12.2. The van der Waals surface area contributed by atoms with E-state index in [-0.39, 0.29) is 17.9 Å². The number of Topliss-reactive ketones (excluding diaryl/α,β-unsaturated/α-hetero) is 1. The number of carbonyl (C=O) groups excluding carboxylic acids is 1. The molecule has 0 fully saturated rings. The average molecular weight is 298 g/mol. The van der Waals surface area contributed by atoms with Crippen LogP contribution in [0.4, 0.5) is 5.69 Å². The molecule has 0 radical (unpaired) electrons. The van der Waals surface area contributed by atoms with Crippen LogP contribution in [0.25, 0.3) is 0 Å². The summed E-state index contributed by atoms with van der Waals surface area (Å²) in [6.45, 7) is 5.92. The van der Waals surface area contributed by atoms with Crippen molar-refractivity contribution in [2.75, 3.05) is 11.0 Å². The fraction of sp³-hybridized carbons (Fsp3) is 0.500. The SMILES string of the molecule is CC[C@@H](C)N[C@H](C)C(=O)c1ccc(NS(C)(=O)=O)cc1. The first-order valence-electron chi connectivity index (χ1n) is 6.61. The highest BCUT2D eigenvalue weighted by molar-refractivity contribution is 7.92. The number of sulfonamides is 1. The molecule has 1 rings (SSSR count). The Kier molecular flexibility index (Phi) is 5.71. The van der Waals surface area contributed by atoms with Gasteiger partial charge in [-0.05, 0) is 44.5 Å². The van der Waals surface area contributed by atoms with Crippen LogP contribution in [0, 0.1) is 0 Å². The summed E-state index contributed by atoms with van der Waals surface area (Å²) in [5, 5.41) is 3.22. The molecule has 2 atom stereocenters. The first-order valence-corrected chi connectivity index (χ1v) is 8.50. The third-order valence-electron chi connectivity index (χ3n) is 3.01. The summed E-state index contributed by atoms with van der Waals surface area (Å²) < 4.78 is 24.6. The van der Waals surface area contributed by atoms with Crippen LogP contribution >= 0.6 is 0 Å². The molecule has 5 nitrogen and oxygen atoms in total. The van der Waals surface area contributed by atoms with Crippen molar-refractivity contribution in [1.29, 1.82) is 0 Å². The predicted octanol–water partition coefficient (Wildman–Crippen LogP) is 2.02. The van der Waals surface area contributed by atoms with Crippen molar-refractivity contribution >= 4 is 21.5 Å². The van der Waals surface area contributed by atoms with Gasteiger partial charge in [0.05, 0.1) is 12.3 Å². The van der Waals surface area contributed by atoms with Gasteiger partial charge in [-0.1, -0.05) is 6.92 Å². The number of benzene rings is 1. The molecule has 1 aromatic rings. The maximum Gasteiger partial charge on any atom is 0.229 e.